The Morgan fingerprint density at radius 1 is 0.825 bits per heavy atom. The van der Waals surface area contributed by atoms with Gasteiger partial charge in [0.25, 0.3) is 0 Å². The number of rotatable bonds is 13. The maximum absolute atomic E-state index is 13.8. The summed E-state index contributed by atoms with van der Waals surface area (Å²) in [7, 11) is -3.54. The van der Waals surface area contributed by atoms with E-state index in [0.717, 1.165) is 22.3 Å². The molecule has 2 amide bonds. The molecule has 8 heteroatoms. The van der Waals surface area contributed by atoms with Crippen molar-refractivity contribution in [2.75, 3.05) is 17.1 Å². The van der Waals surface area contributed by atoms with Crippen molar-refractivity contribution in [1.82, 2.24) is 10.2 Å². The fourth-order valence-corrected chi connectivity index (χ4v) is 5.51. The number of carbonyl (C=O) groups excluding carboxylic acids is 2. The van der Waals surface area contributed by atoms with Gasteiger partial charge in [-0.2, -0.15) is 0 Å². The van der Waals surface area contributed by atoms with E-state index in [4.69, 9.17) is 0 Å². The molecule has 0 saturated carbocycles. The first-order valence-electron chi connectivity index (χ1n) is 13.7. The molecule has 0 aliphatic heterocycles. The van der Waals surface area contributed by atoms with E-state index >= 15 is 0 Å². The second-order valence-electron chi connectivity index (χ2n) is 10.7. The molecule has 0 fully saturated rings. The first-order valence-corrected chi connectivity index (χ1v) is 15.5. The number of hydrogen-bond acceptors (Lipinski definition) is 4. The molecule has 3 rings (SSSR count). The third-order valence-electron chi connectivity index (χ3n) is 6.65. The van der Waals surface area contributed by atoms with Crippen molar-refractivity contribution >= 4 is 27.5 Å². The van der Waals surface area contributed by atoms with Crippen LogP contribution in [0, 0.1) is 13.8 Å². The van der Waals surface area contributed by atoms with Crippen LogP contribution < -0.4 is 9.62 Å². The molecule has 0 aliphatic rings. The lowest BCUT2D eigenvalue weighted by Crippen LogP contribution is -2.51. The molecular weight excluding hydrogens is 522 g/mol. The lowest BCUT2D eigenvalue weighted by molar-refractivity contribution is -0.141. The van der Waals surface area contributed by atoms with E-state index in [2.05, 4.69) is 5.32 Å². The average Bonchev–Trinajstić information content (AvgIpc) is 2.90. The summed E-state index contributed by atoms with van der Waals surface area (Å²) in [4.78, 5) is 29.0. The van der Waals surface area contributed by atoms with Crippen molar-refractivity contribution in [2.45, 2.75) is 65.6 Å². The fraction of sp³-hybridized carbons (Fsp3) is 0.375. The summed E-state index contributed by atoms with van der Waals surface area (Å²) in [5, 5.41) is 2.99. The normalized spacial score (nSPS) is 12.2. The Morgan fingerprint density at radius 3 is 1.95 bits per heavy atom. The number of benzene rings is 3. The van der Waals surface area contributed by atoms with Gasteiger partial charge in [-0.25, -0.2) is 8.42 Å². The van der Waals surface area contributed by atoms with Crippen LogP contribution in [0.15, 0.2) is 78.9 Å². The molecule has 7 nitrogen and oxygen atoms in total. The lowest BCUT2D eigenvalue weighted by atomic mass is 10.0. The Kier molecular flexibility index (Phi) is 10.9. The van der Waals surface area contributed by atoms with Crippen molar-refractivity contribution in [3.8, 4) is 0 Å². The molecular formula is C32H41N3O4S. The topological polar surface area (TPSA) is 86.8 Å². The van der Waals surface area contributed by atoms with E-state index in [1.165, 1.54) is 10.6 Å². The van der Waals surface area contributed by atoms with Crippen LogP contribution in [-0.4, -0.2) is 50.0 Å². The van der Waals surface area contributed by atoms with Gasteiger partial charge in [0.15, 0.2) is 0 Å². The summed E-state index contributed by atoms with van der Waals surface area (Å²) in [6.07, 6.45) is 1.96. The minimum atomic E-state index is -3.54. The molecule has 1 N–H and O–H groups in total. The summed E-state index contributed by atoms with van der Waals surface area (Å²) in [5.74, 6) is -0.408. The van der Waals surface area contributed by atoms with Gasteiger partial charge in [0, 0.05) is 32.0 Å². The number of nitrogens with one attached hydrogen (secondary N) is 1. The van der Waals surface area contributed by atoms with Gasteiger partial charge < -0.3 is 10.2 Å². The Bertz CT molecular complexity index is 1360. The predicted octanol–water partition coefficient (Wildman–Crippen LogP) is 5.01. The third-order valence-corrected chi connectivity index (χ3v) is 7.84. The quantitative estimate of drug-likeness (QED) is 0.317. The minimum Gasteiger partial charge on any atom is -0.352 e. The highest BCUT2D eigenvalue weighted by molar-refractivity contribution is 7.92. The Hall–Kier alpha value is -3.65. The number of aryl methyl sites for hydroxylation is 2. The third kappa shape index (κ3) is 9.23. The second kappa shape index (κ2) is 14.1. The molecule has 3 aromatic rings. The Balaban J connectivity index is 1.87. The van der Waals surface area contributed by atoms with Crippen LogP contribution in [0.5, 0.6) is 0 Å². The van der Waals surface area contributed by atoms with Crippen molar-refractivity contribution in [2.24, 2.45) is 0 Å². The highest BCUT2D eigenvalue weighted by atomic mass is 32.2. The molecule has 0 radical (unpaired) electrons. The monoisotopic (exact) mass is 563 g/mol. The molecule has 0 bridgehead atoms. The van der Waals surface area contributed by atoms with Crippen LogP contribution in [0.3, 0.4) is 0 Å². The van der Waals surface area contributed by atoms with Crippen molar-refractivity contribution < 1.29 is 18.0 Å². The zero-order chi connectivity index (χ0) is 29.3. The van der Waals surface area contributed by atoms with E-state index in [-0.39, 0.29) is 37.4 Å². The van der Waals surface area contributed by atoms with Gasteiger partial charge in [-0.3, -0.25) is 13.9 Å². The Labute approximate surface area is 239 Å². The van der Waals surface area contributed by atoms with E-state index in [0.29, 0.717) is 18.5 Å². The fourth-order valence-electron chi connectivity index (χ4n) is 4.54. The predicted molar refractivity (Wildman–Crippen MR) is 162 cm³/mol. The maximum atomic E-state index is 13.8. The number of anilines is 1. The number of sulfonamides is 1. The number of amides is 2. The van der Waals surface area contributed by atoms with Gasteiger partial charge in [-0.05, 0) is 57.4 Å². The Morgan fingerprint density at radius 2 is 1.40 bits per heavy atom. The summed E-state index contributed by atoms with van der Waals surface area (Å²) in [5.41, 5.74) is 4.58. The van der Waals surface area contributed by atoms with Gasteiger partial charge in [0.1, 0.15) is 6.04 Å². The minimum absolute atomic E-state index is 0.0834. The standard InChI is InChI=1S/C32H41N3O4S/c1-24(2)33-32(37)30(22-27-10-7-6-8-11-27)34(23-28-17-13-25(3)14-18-28)31(36)12-9-21-35(40(5,38)39)29-19-15-26(4)16-20-29/h6-8,10-11,13-20,24,30H,9,12,21-23H2,1-5H3,(H,33,37)/t30-/m1/s1. The first kappa shape index (κ1) is 30.9. The van der Waals surface area contributed by atoms with Gasteiger partial charge in [-0.1, -0.05) is 77.9 Å². The molecule has 0 heterocycles. The molecule has 40 heavy (non-hydrogen) atoms. The van der Waals surface area contributed by atoms with Crippen LogP contribution in [0.1, 0.15) is 48.9 Å². The van der Waals surface area contributed by atoms with E-state index in [9.17, 15) is 18.0 Å². The zero-order valence-corrected chi connectivity index (χ0v) is 24.9. The van der Waals surface area contributed by atoms with Crippen molar-refractivity contribution in [3.63, 3.8) is 0 Å². The molecule has 0 aromatic heterocycles. The largest absolute Gasteiger partial charge is 0.352 e. The summed E-state index contributed by atoms with van der Waals surface area (Å²) in [6, 6.07) is 24.1. The lowest BCUT2D eigenvalue weighted by Gasteiger charge is -2.32. The van der Waals surface area contributed by atoms with E-state index in [1.54, 1.807) is 17.0 Å². The van der Waals surface area contributed by atoms with Crippen LogP contribution in [-0.2, 0) is 32.6 Å². The van der Waals surface area contributed by atoms with Gasteiger partial charge in [0.2, 0.25) is 21.8 Å². The summed E-state index contributed by atoms with van der Waals surface area (Å²) < 4.78 is 26.5. The average molecular weight is 564 g/mol. The number of hydrogen-bond donors (Lipinski definition) is 1. The smallest absolute Gasteiger partial charge is 0.243 e. The molecule has 1 atom stereocenters. The highest BCUT2D eigenvalue weighted by Crippen LogP contribution is 2.21. The number of carbonyl (C=O) groups is 2. The molecule has 0 aliphatic carbocycles. The molecule has 3 aromatic carbocycles. The molecule has 0 spiro atoms. The van der Waals surface area contributed by atoms with Gasteiger partial charge >= 0.3 is 0 Å². The molecule has 0 saturated heterocycles. The number of nitrogens with zero attached hydrogens (tertiary/aromatic N) is 2. The highest BCUT2D eigenvalue weighted by Gasteiger charge is 2.31. The van der Waals surface area contributed by atoms with Crippen molar-refractivity contribution in [1.29, 1.82) is 0 Å². The van der Waals surface area contributed by atoms with Crippen molar-refractivity contribution in [3.05, 3.63) is 101 Å². The van der Waals surface area contributed by atoms with Crippen LogP contribution in [0.2, 0.25) is 0 Å². The molecule has 0 unspecified atom stereocenters. The van der Waals surface area contributed by atoms with Crippen LogP contribution >= 0.6 is 0 Å². The SMILES string of the molecule is Cc1ccc(CN(C(=O)CCCN(c2ccc(C)cc2)S(C)(=O)=O)[C@H](Cc2ccccc2)C(=O)NC(C)C)cc1. The summed E-state index contributed by atoms with van der Waals surface area (Å²) >= 11 is 0. The second-order valence-corrected chi connectivity index (χ2v) is 12.6. The summed E-state index contributed by atoms with van der Waals surface area (Å²) in [6.45, 7) is 8.17. The van der Waals surface area contributed by atoms with Gasteiger partial charge in [0.05, 0.1) is 11.9 Å². The first-order chi connectivity index (χ1) is 18.9. The van der Waals surface area contributed by atoms with E-state index < -0.39 is 16.1 Å². The van der Waals surface area contributed by atoms with Gasteiger partial charge in [-0.15, -0.1) is 0 Å². The van der Waals surface area contributed by atoms with Crippen LogP contribution in [0.25, 0.3) is 0 Å². The zero-order valence-electron chi connectivity index (χ0n) is 24.1. The van der Waals surface area contributed by atoms with E-state index in [1.807, 2.05) is 94.4 Å². The maximum Gasteiger partial charge on any atom is 0.243 e. The molecule has 214 valence electrons. The van der Waals surface area contributed by atoms with Crippen LogP contribution in [0.4, 0.5) is 5.69 Å².